The zero-order valence-corrected chi connectivity index (χ0v) is 19.2. The summed E-state index contributed by atoms with van der Waals surface area (Å²) in [7, 11) is 4.69. The highest BCUT2D eigenvalue weighted by molar-refractivity contribution is 5.59. The van der Waals surface area contributed by atoms with Crippen LogP contribution in [0.4, 0.5) is 0 Å². The van der Waals surface area contributed by atoms with Gasteiger partial charge in [0.2, 0.25) is 5.75 Å². The van der Waals surface area contributed by atoms with E-state index >= 15 is 0 Å². The Morgan fingerprint density at radius 2 is 1.15 bits per heavy atom. The van der Waals surface area contributed by atoms with Crippen molar-refractivity contribution in [2.75, 3.05) is 34.5 Å². The molecule has 0 bridgehead atoms. The van der Waals surface area contributed by atoms with Gasteiger partial charge in [0.15, 0.2) is 23.0 Å². The fourth-order valence-electron chi connectivity index (χ4n) is 3.42. The van der Waals surface area contributed by atoms with Crippen molar-refractivity contribution in [3.8, 4) is 64.8 Å². The average molecular weight is 450 g/mol. The molecule has 0 radical (unpaired) electrons. The van der Waals surface area contributed by atoms with E-state index in [2.05, 4.69) is 29.6 Å². The number of methoxy groups -OCH3 is 3. The van der Waals surface area contributed by atoms with Gasteiger partial charge in [0.25, 0.3) is 0 Å². The van der Waals surface area contributed by atoms with Crippen molar-refractivity contribution < 1.29 is 23.7 Å². The van der Waals surface area contributed by atoms with Gasteiger partial charge in [0.1, 0.15) is 13.2 Å². The minimum absolute atomic E-state index is 0.515. The van der Waals surface area contributed by atoms with Crippen LogP contribution in [0.1, 0.15) is 27.8 Å². The normalized spacial score (nSPS) is 11.1. The third-order valence-electron chi connectivity index (χ3n) is 5.01. The number of hydrogen-bond donors (Lipinski definition) is 0. The molecule has 1 aliphatic heterocycles. The van der Waals surface area contributed by atoms with Crippen LogP contribution in [0.2, 0.25) is 0 Å². The van der Waals surface area contributed by atoms with Gasteiger partial charge < -0.3 is 23.7 Å². The lowest BCUT2D eigenvalue weighted by Gasteiger charge is -2.17. The summed E-state index contributed by atoms with van der Waals surface area (Å²) in [5, 5.41) is 0. The van der Waals surface area contributed by atoms with E-state index in [9.17, 15) is 0 Å². The first-order valence-corrected chi connectivity index (χ1v) is 10.5. The molecule has 168 valence electrons. The zero-order chi connectivity index (χ0) is 23.9. The third-order valence-corrected chi connectivity index (χ3v) is 5.01. The lowest BCUT2D eigenvalue weighted by Crippen LogP contribution is -2.15. The highest BCUT2D eigenvalue weighted by Gasteiger charge is 2.12. The summed E-state index contributed by atoms with van der Waals surface area (Å²) in [6, 6.07) is 14.8. The molecule has 0 fully saturated rings. The second kappa shape index (κ2) is 10.3. The summed E-state index contributed by atoms with van der Waals surface area (Å²) >= 11 is 0. The zero-order valence-electron chi connectivity index (χ0n) is 19.2. The number of fused-ring (bicyclic) bond motifs is 1. The Bertz CT molecular complexity index is 1360. The van der Waals surface area contributed by atoms with Crippen molar-refractivity contribution in [1.29, 1.82) is 0 Å². The molecule has 0 amide bonds. The average Bonchev–Trinajstić information content (AvgIpc) is 2.89. The fourth-order valence-corrected chi connectivity index (χ4v) is 3.42. The van der Waals surface area contributed by atoms with Crippen LogP contribution in [0.3, 0.4) is 0 Å². The molecular weight excluding hydrogens is 428 g/mol. The first kappa shape index (κ1) is 22.5. The summed E-state index contributed by atoms with van der Waals surface area (Å²) in [5.41, 5.74) is 3.74. The summed E-state index contributed by atoms with van der Waals surface area (Å²) in [5.74, 6) is 18.3. The van der Waals surface area contributed by atoms with Crippen LogP contribution < -0.4 is 23.7 Å². The van der Waals surface area contributed by atoms with E-state index in [0.717, 1.165) is 22.4 Å². The Kier molecular flexibility index (Phi) is 6.83. The third kappa shape index (κ3) is 5.04. The number of terminal acetylenes is 1. The number of hydrogen-bond acceptors (Lipinski definition) is 5. The largest absolute Gasteiger partial charge is 0.493 e. The Labute approximate surface area is 199 Å². The van der Waals surface area contributed by atoms with Crippen LogP contribution in [0, 0.1) is 36.0 Å². The molecule has 0 N–H and O–H groups in total. The van der Waals surface area contributed by atoms with E-state index < -0.39 is 0 Å². The maximum atomic E-state index is 5.66. The molecule has 4 rings (SSSR count). The van der Waals surface area contributed by atoms with Gasteiger partial charge in [0, 0.05) is 27.8 Å². The molecule has 0 saturated heterocycles. The van der Waals surface area contributed by atoms with E-state index in [1.165, 1.54) is 0 Å². The molecule has 0 saturated carbocycles. The number of benzene rings is 3. The first-order chi connectivity index (χ1) is 16.6. The van der Waals surface area contributed by atoms with Crippen LogP contribution in [-0.4, -0.2) is 34.5 Å². The van der Waals surface area contributed by atoms with Crippen molar-refractivity contribution in [2.24, 2.45) is 0 Å². The molecule has 1 aliphatic rings. The fraction of sp³-hybridized carbons (Fsp3) is 0.172. The molecule has 0 atom stereocenters. The Morgan fingerprint density at radius 3 is 1.71 bits per heavy atom. The van der Waals surface area contributed by atoms with Gasteiger partial charge in [-0.3, -0.25) is 0 Å². The van der Waals surface area contributed by atoms with Crippen molar-refractivity contribution in [3.63, 3.8) is 0 Å². The van der Waals surface area contributed by atoms with E-state index in [1.54, 1.807) is 33.5 Å². The van der Waals surface area contributed by atoms with Crippen LogP contribution in [-0.2, 0) is 0 Å². The molecule has 3 aromatic rings. The number of rotatable bonds is 3. The van der Waals surface area contributed by atoms with Gasteiger partial charge in [-0.15, -0.1) is 6.42 Å². The predicted molar refractivity (Wildman–Crippen MR) is 130 cm³/mol. The van der Waals surface area contributed by atoms with E-state index in [1.807, 2.05) is 36.4 Å². The summed E-state index contributed by atoms with van der Waals surface area (Å²) < 4.78 is 27.4. The lowest BCUT2D eigenvalue weighted by molar-refractivity contribution is 0.171. The van der Waals surface area contributed by atoms with Crippen LogP contribution in [0.5, 0.6) is 28.7 Å². The molecule has 3 aromatic carbocycles. The standard InChI is InChI=1S/C29H22O5/c1-5-20-14-22(7-6-21-10-11-25-26(17-21)34-13-12-33-25)16-23(15-20)8-9-24-18-27(30-2)29(32-4)28(19-24)31-3/h1,10-11,14-19H,12-13H2,2-4H3. The molecule has 0 unspecified atom stereocenters. The smallest absolute Gasteiger partial charge is 0.203 e. The number of ether oxygens (including phenoxy) is 5. The Balaban J connectivity index is 1.65. The maximum absolute atomic E-state index is 5.66. The molecule has 0 spiro atoms. The Morgan fingerprint density at radius 1 is 0.618 bits per heavy atom. The van der Waals surface area contributed by atoms with Gasteiger partial charge in [0.05, 0.1) is 21.3 Å². The van der Waals surface area contributed by atoms with Crippen LogP contribution in [0.25, 0.3) is 0 Å². The van der Waals surface area contributed by atoms with Gasteiger partial charge >= 0.3 is 0 Å². The molecule has 5 heteroatoms. The van der Waals surface area contributed by atoms with E-state index in [-0.39, 0.29) is 0 Å². The van der Waals surface area contributed by atoms with Crippen molar-refractivity contribution >= 4 is 0 Å². The predicted octanol–water partition coefficient (Wildman–Crippen LogP) is 4.26. The Hall–Kier alpha value is -4.66. The van der Waals surface area contributed by atoms with E-state index in [0.29, 0.717) is 47.3 Å². The van der Waals surface area contributed by atoms with Gasteiger partial charge in [-0.25, -0.2) is 0 Å². The van der Waals surface area contributed by atoms with E-state index in [4.69, 9.17) is 30.1 Å². The van der Waals surface area contributed by atoms with Crippen LogP contribution >= 0.6 is 0 Å². The highest BCUT2D eigenvalue weighted by atomic mass is 16.6. The summed E-state index contributed by atoms with van der Waals surface area (Å²) in [4.78, 5) is 0. The topological polar surface area (TPSA) is 46.2 Å². The molecule has 5 nitrogen and oxygen atoms in total. The molecular formula is C29H22O5. The van der Waals surface area contributed by atoms with Crippen molar-refractivity contribution in [1.82, 2.24) is 0 Å². The molecule has 1 heterocycles. The minimum Gasteiger partial charge on any atom is -0.493 e. The monoisotopic (exact) mass is 450 g/mol. The summed E-state index contributed by atoms with van der Waals surface area (Å²) in [6.07, 6.45) is 5.66. The minimum atomic E-state index is 0.515. The quantitative estimate of drug-likeness (QED) is 0.558. The lowest BCUT2D eigenvalue weighted by atomic mass is 10.1. The molecule has 0 aromatic heterocycles. The van der Waals surface area contributed by atoms with Crippen molar-refractivity contribution in [2.45, 2.75) is 0 Å². The van der Waals surface area contributed by atoms with Gasteiger partial charge in [-0.1, -0.05) is 29.6 Å². The highest BCUT2D eigenvalue weighted by Crippen LogP contribution is 2.38. The second-order valence-electron chi connectivity index (χ2n) is 7.22. The molecule has 34 heavy (non-hydrogen) atoms. The van der Waals surface area contributed by atoms with Gasteiger partial charge in [-0.2, -0.15) is 0 Å². The van der Waals surface area contributed by atoms with Crippen molar-refractivity contribution in [3.05, 3.63) is 76.3 Å². The maximum Gasteiger partial charge on any atom is 0.203 e. The summed E-state index contributed by atoms with van der Waals surface area (Å²) in [6.45, 7) is 1.08. The first-order valence-electron chi connectivity index (χ1n) is 10.5. The SMILES string of the molecule is C#Cc1cc(C#Cc2ccc3c(c2)OCCO3)cc(C#Cc2cc(OC)c(OC)c(OC)c2)c1. The van der Waals surface area contributed by atoms with Crippen LogP contribution in [0.15, 0.2) is 48.5 Å². The second-order valence-corrected chi connectivity index (χ2v) is 7.22. The molecule has 0 aliphatic carbocycles. The van der Waals surface area contributed by atoms with Gasteiger partial charge in [-0.05, 0) is 48.5 Å².